The molecule has 1 aromatic carbocycles. The maximum atomic E-state index is 12.8. The van der Waals surface area contributed by atoms with E-state index in [0.29, 0.717) is 19.7 Å². The number of nitrogens with zero attached hydrogens (tertiary/aromatic N) is 3. The summed E-state index contributed by atoms with van der Waals surface area (Å²) in [5.41, 5.74) is 5.18. The number of carbonyl (C=O) groups excluding carboxylic acids is 1. The Morgan fingerprint density at radius 2 is 1.71 bits per heavy atom. The molecule has 2 atom stereocenters. The standard InChI is InChI=1S/C33H48ClN3O3SSi/c1-21-14-24(34)15-27(28(21)19-37-22(2)17-36(18-23(37)3)31(38)40-32(4,5)6)26-12-13-35-29-16-25(41-30(26)29)20-39-42(10,11)33(7,8)9/h12-16,22-23H,17-20H2,1-11H3/t22-,23-/m0/s1. The summed E-state index contributed by atoms with van der Waals surface area (Å²) >= 11 is 8.44. The Bertz CT molecular complexity index is 1430. The summed E-state index contributed by atoms with van der Waals surface area (Å²) in [4.78, 5) is 23.1. The monoisotopic (exact) mass is 629 g/mol. The third-order valence-electron chi connectivity index (χ3n) is 8.67. The van der Waals surface area contributed by atoms with Crippen LogP contribution < -0.4 is 0 Å². The predicted molar refractivity (Wildman–Crippen MR) is 179 cm³/mol. The Kier molecular flexibility index (Phi) is 9.56. The van der Waals surface area contributed by atoms with Crippen LogP contribution in [-0.2, 0) is 22.3 Å². The first kappa shape index (κ1) is 32.9. The van der Waals surface area contributed by atoms with Gasteiger partial charge in [0.05, 0.1) is 16.8 Å². The van der Waals surface area contributed by atoms with Crippen molar-refractivity contribution >= 4 is 47.6 Å². The number of rotatable bonds is 6. The van der Waals surface area contributed by atoms with Crippen molar-refractivity contribution in [3.05, 3.63) is 51.5 Å². The van der Waals surface area contributed by atoms with Gasteiger partial charge in [0.2, 0.25) is 0 Å². The molecule has 42 heavy (non-hydrogen) atoms. The van der Waals surface area contributed by atoms with Gasteiger partial charge < -0.3 is 14.1 Å². The van der Waals surface area contributed by atoms with Gasteiger partial charge >= 0.3 is 6.09 Å². The highest BCUT2D eigenvalue weighted by molar-refractivity contribution is 7.19. The maximum absolute atomic E-state index is 12.8. The molecular weight excluding hydrogens is 582 g/mol. The Labute approximate surface area is 262 Å². The van der Waals surface area contributed by atoms with Crippen molar-refractivity contribution in [2.45, 2.75) is 111 Å². The number of thiophene rings is 1. The molecule has 0 N–H and O–H groups in total. The van der Waals surface area contributed by atoms with Gasteiger partial charge in [0.1, 0.15) is 5.60 Å². The van der Waals surface area contributed by atoms with Crippen molar-refractivity contribution in [2.24, 2.45) is 0 Å². The number of aryl methyl sites for hydroxylation is 1. The van der Waals surface area contributed by atoms with Gasteiger partial charge in [-0.2, -0.15) is 0 Å². The molecule has 2 aromatic heterocycles. The minimum atomic E-state index is -1.87. The van der Waals surface area contributed by atoms with E-state index in [1.54, 1.807) is 11.3 Å². The van der Waals surface area contributed by atoms with Gasteiger partial charge in [-0.3, -0.25) is 9.88 Å². The first-order valence-electron chi connectivity index (χ1n) is 14.9. The fourth-order valence-electron chi connectivity index (χ4n) is 5.29. The number of ether oxygens (including phenoxy) is 1. The number of hydrogen-bond donors (Lipinski definition) is 0. The molecule has 0 spiro atoms. The lowest BCUT2D eigenvalue weighted by Gasteiger charge is -2.45. The Morgan fingerprint density at radius 3 is 2.31 bits per heavy atom. The topological polar surface area (TPSA) is 54.9 Å². The van der Waals surface area contributed by atoms with Crippen LogP contribution in [0.3, 0.4) is 0 Å². The zero-order valence-electron chi connectivity index (χ0n) is 27.2. The molecule has 6 nitrogen and oxygen atoms in total. The SMILES string of the molecule is Cc1cc(Cl)cc(-c2ccnc3cc(CO[Si](C)(C)C(C)(C)C)sc23)c1CN1[C@@H](C)CN(C(=O)OC(C)(C)C)C[C@@H]1C. The van der Waals surface area contributed by atoms with E-state index in [2.05, 4.69) is 83.8 Å². The number of pyridine rings is 1. The molecule has 0 radical (unpaired) electrons. The van der Waals surface area contributed by atoms with Crippen LogP contribution in [0.2, 0.25) is 23.2 Å². The molecule has 1 aliphatic rings. The molecule has 230 valence electrons. The van der Waals surface area contributed by atoms with E-state index in [-0.39, 0.29) is 23.2 Å². The molecule has 3 aromatic rings. The third-order valence-corrected chi connectivity index (χ3v) is 14.5. The summed E-state index contributed by atoms with van der Waals surface area (Å²) in [5.74, 6) is 0. The van der Waals surface area contributed by atoms with Gasteiger partial charge in [-0.15, -0.1) is 11.3 Å². The summed E-state index contributed by atoms with van der Waals surface area (Å²) in [6.07, 6.45) is 1.66. The highest BCUT2D eigenvalue weighted by Gasteiger charge is 2.37. The van der Waals surface area contributed by atoms with Crippen molar-refractivity contribution < 1.29 is 14.0 Å². The second kappa shape index (κ2) is 12.2. The Balaban J connectivity index is 1.64. The number of aromatic nitrogens is 1. The van der Waals surface area contributed by atoms with E-state index >= 15 is 0 Å². The number of halogens is 1. The van der Waals surface area contributed by atoms with E-state index < -0.39 is 13.9 Å². The average Bonchev–Trinajstić information content (AvgIpc) is 3.27. The number of amides is 1. The minimum Gasteiger partial charge on any atom is -0.444 e. The first-order valence-corrected chi connectivity index (χ1v) is 19.0. The van der Waals surface area contributed by atoms with E-state index in [9.17, 15) is 4.79 Å². The zero-order valence-corrected chi connectivity index (χ0v) is 29.8. The second-order valence-electron chi connectivity index (χ2n) is 14.3. The molecule has 1 saturated heterocycles. The second-order valence-corrected chi connectivity index (χ2v) is 20.7. The first-order chi connectivity index (χ1) is 19.4. The van der Waals surface area contributed by atoms with Crippen LogP contribution in [0.15, 0.2) is 30.5 Å². The smallest absolute Gasteiger partial charge is 0.410 e. The third kappa shape index (κ3) is 7.38. The minimum absolute atomic E-state index is 0.160. The van der Waals surface area contributed by atoms with Gasteiger partial charge in [-0.05, 0) is 101 Å². The van der Waals surface area contributed by atoms with Crippen LogP contribution in [0.1, 0.15) is 71.4 Å². The largest absolute Gasteiger partial charge is 0.444 e. The number of piperazine rings is 1. The highest BCUT2D eigenvalue weighted by atomic mass is 35.5. The number of hydrogen-bond acceptors (Lipinski definition) is 6. The number of fused-ring (bicyclic) bond motifs is 1. The molecule has 3 heterocycles. The predicted octanol–water partition coefficient (Wildman–Crippen LogP) is 9.28. The van der Waals surface area contributed by atoms with Crippen molar-refractivity contribution in [3.8, 4) is 11.1 Å². The lowest BCUT2D eigenvalue weighted by molar-refractivity contribution is -0.00968. The Morgan fingerprint density at radius 1 is 1.07 bits per heavy atom. The summed E-state index contributed by atoms with van der Waals surface area (Å²) < 4.78 is 13.4. The molecule has 0 saturated carbocycles. The summed E-state index contributed by atoms with van der Waals surface area (Å²) in [6, 6.07) is 8.77. The maximum Gasteiger partial charge on any atom is 0.410 e. The van der Waals surface area contributed by atoms with Gasteiger partial charge in [-0.25, -0.2) is 4.79 Å². The van der Waals surface area contributed by atoms with E-state index in [1.807, 2.05) is 31.9 Å². The number of carbonyl (C=O) groups is 1. The van der Waals surface area contributed by atoms with Gasteiger partial charge in [0, 0.05) is 53.4 Å². The molecule has 0 aliphatic carbocycles. The van der Waals surface area contributed by atoms with Gasteiger partial charge in [0.25, 0.3) is 0 Å². The molecule has 1 fully saturated rings. The quantitative estimate of drug-likeness (QED) is 0.254. The lowest BCUT2D eigenvalue weighted by Crippen LogP contribution is -2.58. The van der Waals surface area contributed by atoms with Crippen LogP contribution in [-0.4, -0.2) is 60.0 Å². The van der Waals surface area contributed by atoms with E-state index in [1.165, 1.54) is 10.4 Å². The van der Waals surface area contributed by atoms with Crippen molar-refractivity contribution in [1.29, 1.82) is 0 Å². The van der Waals surface area contributed by atoms with Gasteiger partial charge in [-0.1, -0.05) is 32.4 Å². The summed E-state index contributed by atoms with van der Waals surface area (Å²) in [6.45, 7) is 26.3. The van der Waals surface area contributed by atoms with Crippen LogP contribution in [0.4, 0.5) is 4.79 Å². The highest BCUT2D eigenvalue weighted by Crippen LogP contribution is 2.41. The van der Waals surface area contributed by atoms with Crippen molar-refractivity contribution in [2.75, 3.05) is 13.1 Å². The fraction of sp³-hybridized carbons (Fsp3) is 0.576. The molecule has 0 unspecified atom stereocenters. The van der Waals surface area contributed by atoms with Crippen LogP contribution in [0, 0.1) is 6.92 Å². The van der Waals surface area contributed by atoms with Crippen molar-refractivity contribution in [3.63, 3.8) is 0 Å². The average molecular weight is 630 g/mol. The van der Waals surface area contributed by atoms with Gasteiger partial charge in [0.15, 0.2) is 8.32 Å². The molecule has 4 rings (SSSR count). The van der Waals surface area contributed by atoms with E-state index in [4.69, 9.17) is 25.7 Å². The summed E-state index contributed by atoms with van der Waals surface area (Å²) in [5, 5.41) is 0.887. The zero-order chi connectivity index (χ0) is 31.2. The molecule has 1 amide bonds. The van der Waals surface area contributed by atoms with Crippen LogP contribution in [0.5, 0.6) is 0 Å². The molecule has 9 heteroatoms. The number of benzene rings is 1. The molecule has 1 aliphatic heterocycles. The lowest BCUT2D eigenvalue weighted by atomic mass is 9.94. The molecule has 0 bridgehead atoms. The van der Waals surface area contributed by atoms with Crippen molar-refractivity contribution in [1.82, 2.24) is 14.8 Å². The van der Waals surface area contributed by atoms with Crippen LogP contribution >= 0.6 is 22.9 Å². The van der Waals surface area contributed by atoms with E-state index in [0.717, 1.165) is 38.5 Å². The normalized spacial score (nSPS) is 19.0. The summed E-state index contributed by atoms with van der Waals surface area (Å²) in [7, 11) is -1.87. The Hall–Kier alpha value is -1.97. The molecular formula is C33H48ClN3O3SSi. The van der Waals surface area contributed by atoms with Crippen LogP contribution in [0.25, 0.3) is 21.3 Å². The fourth-order valence-corrected chi connectivity index (χ4v) is 7.67.